The zero-order chi connectivity index (χ0) is 31.1. The van der Waals surface area contributed by atoms with Crippen molar-refractivity contribution in [2.24, 2.45) is 0 Å². The molecule has 0 aromatic heterocycles. The highest BCUT2D eigenvalue weighted by molar-refractivity contribution is 5.95. The smallest absolute Gasteiger partial charge is 0.338 e. The second-order valence-corrected chi connectivity index (χ2v) is 10.4. The van der Waals surface area contributed by atoms with Crippen LogP contribution in [0.1, 0.15) is 50.4 Å². The van der Waals surface area contributed by atoms with Crippen molar-refractivity contribution >= 4 is 11.9 Å². The second-order valence-electron chi connectivity index (χ2n) is 10.4. The molecule has 44 heavy (non-hydrogen) atoms. The van der Waals surface area contributed by atoms with Gasteiger partial charge in [0, 0.05) is 12.6 Å². The molecule has 5 rings (SSSR count). The van der Waals surface area contributed by atoms with Gasteiger partial charge in [-0.3, -0.25) is 4.79 Å². The molecule has 6 nitrogen and oxygen atoms in total. The Balaban J connectivity index is 1.32. The minimum absolute atomic E-state index is 0.201. The van der Waals surface area contributed by atoms with E-state index in [1.807, 2.05) is 85.8 Å². The minimum atomic E-state index is -0.714. The summed E-state index contributed by atoms with van der Waals surface area (Å²) in [4.78, 5) is 28.5. The molecule has 0 radical (unpaired) electrons. The zero-order valence-electron chi connectivity index (χ0n) is 24.3. The maximum Gasteiger partial charge on any atom is 0.338 e. The van der Waals surface area contributed by atoms with Gasteiger partial charge in [0.1, 0.15) is 6.10 Å². The van der Waals surface area contributed by atoms with E-state index in [1.165, 1.54) is 0 Å². The number of hydrogen-bond donors (Lipinski definition) is 0. The van der Waals surface area contributed by atoms with Crippen LogP contribution in [0.15, 0.2) is 127 Å². The standard InChI is InChI=1S/C38H29N3O3/c1-26(41(2)37(42)34-20-16-31(17-21-34)29-12-8-27(24-39)9-13-29)36(33-6-4-3-5-7-33)44-38(43)35-22-18-32(19-23-35)30-14-10-28(25-40)11-15-30/h3-23,26,36H,1-2H3/t26-,36+/m0/s1. The number of nitrogens with zero attached hydrogens (tertiary/aromatic N) is 3. The van der Waals surface area contributed by atoms with Gasteiger partial charge in [-0.15, -0.1) is 0 Å². The van der Waals surface area contributed by atoms with Gasteiger partial charge in [-0.2, -0.15) is 10.5 Å². The first-order chi connectivity index (χ1) is 21.4. The monoisotopic (exact) mass is 575 g/mol. The van der Waals surface area contributed by atoms with Gasteiger partial charge in [0.2, 0.25) is 0 Å². The number of likely N-dealkylation sites (N-methyl/N-ethyl adjacent to an activating group) is 1. The second kappa shape index (κ2) is 13.3. The number of amides is 1. The summed E-state index contributed by atoms with van der Waals surface area (Å²) in [5.41, 5.74) is 6.58. The molecular formula is C38H29N3O3. The Morgan fingerprint density at radius 2 is 1.02 bits per heavy atom. The molecule has 0 saturated heterocycles. The third-order valence-electron chi connectivity index (χ3n) is 7.68. The third kappa shape index (κ3) is 6.57. The summed E-state index contributed by atoms with van der Waals surface area (Å²) in [6.07, 6.45) is -0.714. The SMILES string of the molecule is C[C@@H]([C@@H](OC(=O)c1ccc(-c2ccc(C#N)cc2)cc1)c1ccccc1)N(C)C(=O)c1ccc(-c2ccc(C#N)cc2)cc1. The summed E-state index contributed by atoms with van der Waals surface area (Å²) < 4.78 is 6.07. The molecule has 0 aliphatic carbocycles. The van der Waals surface area contributed by atoms with Crippen LogP contribution in [0.4, 0.5) is 0 Å². The first-order valence-electron chi connectivity index (χ1n) is 14.1. The normalized spacial score (nSPS) is 11.8. The molecule has 0 spiro atoms. The average Bonchev–Trinajstić information content (AvgIpc) is 3.10. The van der Waals surface area contributed by atoms with Crippen LogP contribution in [0.5, 0.6) is 0 Å². The van der Waals surface area contributed by atoms with E-state index < -0.39 is 18.1 Å². The summed E-state index contributed by atoms with van der Waals surface area (Å²) in [5.74, 6) is -0.697. The highest BCUT2D eigenvalue weighted by atomic mass is 16.5. The van der Waals surface area contributed by atoms with Crippen molar-refractivity contribution in [3.05, 3.63) is 155 Å². The van der Waals surface area contributed by atoms with E-state index in [0.29, 0.717) is 22.3 Å². The molecule has 6 heteroatoms. The number of nitriles is 2. The van der Waals surface area contributed by atoms with Crippen LogP contribution in [0.3, 0.4) is 0 Å². The number of carbonyl (C=O) groups is 2. The average molecular weight is 576 g/mol. The van der Waals surface area contributed by atoms with Crippen molar-refractivity contribution in [1.82, 2.24) is 4.90 Å². The third-order valence-corrected chi connectivity index (χ3v) is 7.68. The first-order valence-corrected chi connectivity index (χ1v) is 14.1. The molecule has 0 N–H and O–H groups in total. The molecule has 0 aliphatic heterocycles. The van der Waals surface area contributed by atoms with E-state index in [9.17, 15) is 9.59 Å². The van der Waals surface area contributed by atoms with E-state index >= 15 is 0 Å². The molecule has 0 bridgehead atoms. The van der Waals surface area contributed by atoms with Crippen molar-refractivity contribution in [1.29, 1.82) is 10.5 Å². The number of rotatable bonds is 8. The molecule has 0 unspecified atom stereocenters. The topological polar surface area (TPSA) is 94.2 Å². The van der Waals surface area contributed by atoms with Crippen molar-refractivity contribution in [2.75, 3.05) is 7.05 Å². The van der Waals surface area contributed by atoms with Crippen molar-refractivity contribution in [3.63, 3.8) is 0 Å². The van der Waals surface area contributed by atoms with Gasteiger partial charge in [0.15, 0.2) is 0 Å². The molecule has 5 aromatic rings. The lowest BCUT2D eigenvalue weighted by Gasteiger charge is -2.32. The Kier molecular flexibility index (Phi) is 8.94. The fourth-order valence-electron chi connectivity index (χ4n) is 4.94. The quantitative estimate of drug-likeness (QED) is 0.176. The van der Waals surface area contributed by atoms with Gasteiger partial charge in [-0.25, -0.2) is 4.79 Å². The lowest BCUT2D eigenvalue weighted by Crippen LogP contribution is -2.40. The summed E-state index contributed by atoms with van der Waals surface area (Å²) in [6.45, 7) is 1.86. The van der Waals surface area contributed by atoms with Crippen molar-refractivity contribution in [3.8, 4) is 34.4 Å². The maximum atomic E-state index is 13.6. The Morgan fingerprint density at radius 3 is 1.45 bits per heavy atom. The van der Waals surface area contributed by atoms with Crippen LogP contribution < -0.4 is 0 Å². The van der Waals surface area contributed by atoms with Gasteiger partial charge in [0.25, 0.3) is 5.91 Å². The highest BCUT2D eigenvalue weighted by Gasteiger charge is 2.30. The fraction of sp³-hybridized carbons (Fsp3) is 0.105. The van der Waals surface area contributed by atoms with Gasteiger partial charge >= 0.3 is 5.97 Å². The number of hydrogen-bond acceptors (Lipinski definition) is 5. The first kappa shape index (κ1) is 29.5. The van der Waals surface area contributed by atoms with E-state index in [1.54, 1.807) is 60.5 Å². The zero-order valence-corrected chi connectivity index (χ0v) is 24.3. The maximum absolute atomic E-state index is 13.6. The Labute approximate surface area is 257 Å². The van der Waals surface area contributed by atoms with Crippen LogP contribution in [-0.4, -0.2) is 29.9 Å². The molecule has 0 aliphatic rings. The largest absolute Gasteiger partial charge is 0.452 e. The Morgan fingerprint density at radius 1 is 0.614 bits per heavy atom. The molecule has 214 valence electrons. The molecule has 0 heterocycles. The number of benzene rings is 5. The van der Waals surface area contributed by atoms with E-state index in [-0.39, 0.29) is 5.91 Å². The van der Waals surface area contributed by atoms with Crippen molar-refractivity contribution in [2.45, 2.75) is 19.1 Å². The molecular weight excluding hydrogens is 546 g/mol. The summed E-state index contributed by atoms with van der Waals surface area (Å²) in [5, 5.41) is 18.1. The van der Waals surface area contributed by atoms with Crippen LogP contribution in [0.25, 0.3) is 22.3 Å². The van der Waals surface area contributed by atoms with E-state index in [4.69, 9.17) is 15.3 Å². The summed E-state index contributed by atoms with van der Waals surface area (Å²) in [7, 11) is 1.71. The lowest BCUT2D eigenvalue weighted by atomic mass is 10.00. The number of ether oxygens (including phenoxy) is 1. The predicted octanol–water partition coefficient (Wildman–Crippen LogP) is 7.82. The van der Waals surface area contributed by atoms with Gasteiger partial charge in [-0.1, -0.05) is 78.9 Å². The Hall–Kier alpha value is -5.98. The van der Waals surface area contributed by atoms with Crippen LogP contribution in [-0.2, 0) is 4.74 Å². The van der Waals surface area contributed by atoms with Crippen LogP contribution >= 0.6 is 0 Å². The van der Waals surface area contributed by atoms with Crippen LogP contribution in [0.2, 0.25) is 0 Å². The van der Waals surface area contributed by atoms with Gasteiger partial charge < -0.3 is 9.64 Å². The molecule has 5 aromatic carbocycles. The molecule has 0 saturated carbocycles. The molecule has 2 atom stereocenters. The predicted molar refractivity (Wildman–Crippen MR) is 169 cm³/mol. The highest BCUT2D eigenvalue weighted by Crippen LogP contribution is 2.28. The van der Waals surface area contributed by atoms with Gasteiger partial charge in [0.05, 0.1) is 34.9 Å². The minimum Gasteiger partial charge on any atom is -0.452 e. The van der Waals surface area contributed by atoms with Gasteiger partial charge in [-0.05, 0) is 83.3 Å². The van der Waals surface area contributed by atoms with E-state index in [2.05, 4.69) is 12.1 Å². The Bertz CT molecular complexity index is 1830. The van der Waals surface area contributed by atoms with Crippen LogP contribution in [0, 0.1) is 22.7 Å². The molecule has 1 amide bonds. The number of carbonyl (C=O) groups excluding carboxylic acids is 2. The fourth-order valence-corrected chi connectivity index (χ4v) is 4.94. The summed E-state index contributed by atoms with van der Waals surface area (Å²) >= 11 is 0. The molecule has 0 fully saturated rings. The van der Waals surface area contributed by atoms with Crippen molar-refractivity contribution < 1.29 is 14.3 Å². The lowest BCUT2D eigenvalue weighted by molar-refractivity contribution is 0.00566. The summed E-state index contributed by atoms with van der Waals surface area (Å²) in [6, 6.07) is 42.1. The van der Waals surface area contributed by atoms with E-state index in [0.717, 1.165) is 27.8 Å². The number of esters is 1.